The van der Waals surface area contributed by atoms with Gasteiger partial charge in [-0.25, -0.2) is 0 Å². The fraction of sp³-hybridized carbons (Fsp3) is 0.691. The third-order valence-electron chi connectivity index (χ3n) is 15.5. The van der Waals surface area contributed by atoms with E-state index in [0.29, 0.717) is 67.4 Å². The van der Waals surface area contributed by atoms with Gasteiger partial charge in [0.2, 0.25) is 58.2 Å². The zero-order valence-corrected chi connectivity index (χ0v) is 52.3. The molecule has 35 heteroatoms. The van der Waals surface area contributed by atoms with Crippen LogP contribution < -0.4 is 53.0 Å². The smallest absolute Gasteiger partial charge is 0.248 e. The predicted molar refractivity (Wildman–Crippen MR) is 322 cm³/mol. The molecule has 2 aromatic rings. The van der Waals surface area contributed by atoms with Crippen LogP contribution >= 0.6 is 11.8 Å². The average Bonchev–Trinajstić information content (AvgIpc) is 1.63. The third-order valence-corrected chi connectivity index (χ3v) is 17.9. The van der Waals surface area contributed by atoms with Gasteiger partial charge in [0.15, 0.2) is 6.04 Å². The van der Waals surface area contributed by atoms with Gasteiger partial charge < -0.3 is 101 Å². The van der Waals surface area contributed by atoms with Crippen LogP contribution in [0, 0.1) is 11.8 Å². The Morgan fingerprint density at radius 3 is 2.28 bits per heavy atom. The van der Waals surface area contributed by atoms with E-state index in [9.17, 15) is 58.5 Å². The number of ether oxygens (including phenoxy) is 6. The molecule has 5 heterocycles. The molecule has 500 valence electrons. The van der Waals surface area contributed by atoms with Crippen molar-refractivity contribution in [2.75, 3.05) is 111 Å². The van der Waals surface area contributed by atoms with Crippen LogP contribution in [0.15, 0.2) is 22.3 Å². The predicted octanol–water partition coefficient (Wildman–Crippen LogP) is -4.30. The molecule has 6 rings (SSSR count). The van der Waals surface area contributed by atoms with Gasteiger partial charge in [0, 0.05) is 88.9 Å². The van der Waals surface area contributed by atoms with Crippen LogP contribution in [0.4, 0.5) is 0 Å². The number of aliphatic hydroxyl groups is 3. The van der Waals surface area contributed by atoms with Crippen molar-refractivity contribution in [3.8, 4) is 5.75 Å². The summed E-state index contributed by atoms with van der Waals surface area (Å²) in [6.07, 6.45) is -5.60. The molecule has 13 atom stereocenters. The molecule has 0 radical (unpaired) electrons. The molecule has 2 fully saturated rings. The quantitative estimate of drug-likeness (QED) is 0.00957. The van der Waals surface area contributed by atoms with Crippen molar-refractivity contribution in [3.63, 3.8) is 0 Å². The minimum atomic E-state index is -2.41. The average molecular weight is 1310 g/mol. The molecule has 0 spiro atoms. The maximum absolute atomic E-state index is 15.4. The first kappa shape index (κ1) is 72.5. The number of azide groups is 1. The Labute approximate surface area is 526 Å². The SMILES string of the molecule is CC[C@H](C)[C@H]1NC(=O)CNC(=O)[C@@H]2Cc3c([nH]c4c(CSCCNC(=O)CCOCCOCCOCCOCCN=[N+]=[N-])c(OC)ccc34)[S+]([O-])C[C@H](NC(=O)CNC3OC31)C(=O)N[C@@H](CC(N)=O)C(=O)N1C[C@H](O)C[C@@H]1C(=O)N[C@@H]([C@@H](C)[C@@H](O)CO)C(=O)N2. The Bertz CT molecular complexity index is 2850. The normalized spacial score (nSPS) is 25.7. The van der Waals surface area contributed by atoms with E-state index in [1.165, 1.54) is 25.8 Å². The molecule has 3 unspecified atom stereocenters. The highest BCUT2D eigenvalue weighted by Gasteiger charge is 2.49. The van der Waals surface area contributed by atoms with Gasteiger partial charge in [-0.2, -0.15) is 11.8 Å². The van der Waals surface area contributed by atoms with E-state index in [2.05, 4.69) is 57.5 Å². The Morgan fingerprint density at radius 1 is 0.922 bits per heavy atom. The summed E-state index contributed by atoms with van der Waals surface area (Å²) >= 11 is -1.03. The fourth-order valence-corrected chi connectivity index (χ4v) is 12.6. The van der Waals surface area contributed by atoms with E-state index in [1.807, 2.05) is 13.8 Å². The van der Waals surface area contributed by atoms with Crippen molar-refractivity contribution in [2.24, 2.45) is 22.7 Å². The number of methoxy groups -OCH3 is 1. The van der Waals surface area contributed by atoms with Crippen molar-refractivity contribution in [1.29, 1.82) is 0 Å². The summed E-state index contributed by atoms with van der Waals surface area (Å²) in [7, 11) is 1.43. The molecule has 4 aliphatic rings. The van der Waals surface area contributed by atoms with E-state index < -0.39 is 176 Å². The highest BCUT2D eigenvalue weighted by molar-refractivity contribution is 7.98. The molecule has 1 aromatic carbocycles. The number of carbonyl (C=O) groups excluding carboxylic acids is 9. The van der Waals surface area contributed by atoms with Crippen molar-refractivity contribution in [3.05, 3.63) is 33.7 Å². The minimum absolute atomic E-state index is 0.0745. The van der Waals surface area contributed by atoms with Gasteiger partial charge in [0.25, 0.3) is 0 Å². The number of amides is 9. The monoisotopic (exact) mass is 1310 g/mol. The van der Waals surface area contributed by atoms with Crippen LogP contribution in [0.5, 0.6) is 5.75 Å². The number of nitrogens with two attached hydrogens (primary N) is 1. The lowest BCUT2D eigenvalue weighted by atomic mass is 9.93. The van der Waals surface area contributed by atoms with E-state index in [-0.39, 0.29) is 67.5 Å². The number of primary amides is 1. The standard InChI is InChI=1S/C55H84N14O19S2/c1-5-29(2)45-48-53(88-48)60-24-43(75)62-37-28-90(82)54-33(32-6-7-40(83-4)34(47(32)67-54)27-89-19-10-58-42(74)8-11-84-13-15-86-17-18-87-16-14-85-12-9-61-68-57)21-35(49(77)59-23-44(76)65-45)63-52(80)46(30(3)39(72)26-70)66-51(79)38-20-31(71)25-69(38)55(81)36(22-41(56)73)64-50(37)78/h6-7,29-31,35-39,45-46,48,53,60,67,70-72H,5,8-28H2,1-4H3,(H2,56,73)(H,58,74)(H,59,77)(H,62,75)(H,63,80)(H,64,78)(H,65,76)(H,66,79)/t29-,30-,31+,35-,36-,37-,38+,39-,45+,46-,48?,53?,90?/m0/s1. The van der Waals surface area contributed by atoms with E-state index in [1.54, 1.807) is 12.1 Å². The Morgan fingerprint density at radius 2 is 1.61 bits per heavy atom. The lowest BCUT2D eigenvalue weighted by molar-refractivity contribution is -0.144. The number of epoxide rings is 1. The second kappa shape index (κ2) is 36.4. The van der Waals surface area contributed by atoms with Crippen LogP contribution in [0.1, 0.15) is 57.6 Å². The molecule has 2 saturated heterocycles. The highest BCUT2D eigenvalue weighted by Crippen LogP contribution is 2.37. The van der Waals surface area contributed by atoms with Gasteiger partial charge in [0.1, 0.15) is 48.0 Å². The molecule has 4 aliphatic heterocycles. The first-order valence-electron chi connectivity index (χ1n) is 29.7. The zero-order chi connectivity index (χ0) is 65.4. The number of nitrogens with one attached hydrogen (secondary N) is 9. The van der Waals surface area contributed by atoms with Crippen LogP contribution in [-0.4, -0.2) is 255 Å². The Hall–Kier alpha value is -6.60. The van der Waals surface area contributed by atoms with Crippen molar-refractivity contribution < 1.29 is 91.4 Å². The first-order chi connectivity index (χ1) is 43.2. The minimum Gasteiger partial charge on any atom is -0.610 e. The number of hydrogen-bond acceptors (Lipinski definition) is 22. The number of aromatic nitrogens is 1. The topological polar surface area (TPSA) is 486 Å². The molecule has 90 heavy (non-hydrogen) atoms. The summed E-state index contributed by atoms with van der Waals surface area (Å²) in [5.41, 5.74) is 14.9. The van der Waals surface area contributed by atoms with Crippen LogP contribution in [-0.2, 0) is 90.2 Å². The lowest BCUT2D eigenvalue weighted by Crippen LogP contribution is -2.62. The van der Waals surface area contributed by atoms with Crippen LogP contribution in [0.2, 0.25) is 0 Å². The largest absolute Gasteiger partial charge is 0.610 e. The summed E-state index contributed by atoms with van der Waals surface area (Å²) in [6, 6.07) is -6.13. The number of carbonyl (C=O) groups is 9. The molecular formula is C55H84N14O19S2. The third kappa shape index (κ3) is 21.2. The van der Waals surface area contributed by atoms with Gasteiger partial charge in [-0.05, 0) is 23.6 Å². The van der Waals surface area contributed by atoms with E-state index >= 15 is 4.55 Å². The number of H-pyrrole nitrogens is 1. The maximum Gasteiger partial charge on any atom is 0.248 e. The van der Waals surface area contributed by atoms with Crippen LogP contribution in [0.3, 0.4) is 0 Å². The number of aliphatic hydroxyl groups excluding tert-OH is 3. The van der Waals surface area contributed by atoms with Gasteiger partial charge in [-0.3, -0.25) is 48.5 Å². The highest BCUT2D eigenvalue weighted by atomic mass is 32.2. The first-order valence-corrected chi connectivity index (χ1v) is 32.1. The number of benzene rings is 1. The van der Waals surface area contributed by atoms with Crippen LogP contribution in [0.25, 0.3) is 21.3 Å². The van der Waals surface area contributed by atoms with Gasteiger partial charge >= 0.3 is 0 Å². The molecular weight excluding hydrogens is 1220 g/mol. The van der Waals surface area contributed by atoms with Gasteiger partial charge in [-0.1, -0.05) is 32.3 Å². The molecule has 0 aliphatic carbocycles. The van der Waals surface area contributed by atoms with E-state index in [4.69, 9.17) is 39.7 Å². The van der Waals surface area contributed by atoms with Crippen molar-refractivity contribution in [1.82, 2.24) is 52.4 Å². The zero-order valence-electron chi connectivity index (χ0n) is 50.7. The molecule has 14 N–H and O–H groups in total. The second-order valence-electron chi connectivity index (χ2n) is 21.9. The number of nitrogens with zero attached hydrogens (tertiary/aromatic N) is 4. The van der Waals surface area contributed by atoms with E-state index in [0.717, 1.165) is 4.90 Å². The summed E-state index contributed by atoms with van der Waals surface area (Å²) < 4.78 is 48.7. The number of thioether (sulfide) groups is 1. The molecule has 33 nitrogen and oxygen atoms in total. The summed E-state index contributed by atoms with van der Waals surface area (Å²) in [5.74, 6) is -9.47. The Kier molecular flexibility index (Phi) is 29.3. The number of aromatic amines is 1. The summed E-state index contributed by atoms with van der Waals surface area (Å²) in [4.78, 5) is 133. The van der Waals surface area contributed by atoms with Crippen molar-refractivity contribution in [2.45, 2.75) is 124 Å². The van der Waals surface area contributed by atoms with Gasteiger partial charge in [-0.15, -0.1) is 0 Å². The molecule has 0 saturated carbocycles. The van der Waals surface area contributed by atoms with Crippen molar-refractivity contribution >= 4 is 87.0 Å². The molecule has 2 bridgehead atoms. The maximum atomic E-state index is 15.4. The second-order valence-corrected chi connectivity index (χ2v) is 24.4. The fourth-order valence-electron chi connectivity index (χ4n) is 10.3. The molecule has 1 aromatic heterocycles. The lowest BCUT2D eigenvalue weighted by Gasteiger charge is -2.32. The van der Waals surface area contributed by atoms with Gasteiger partial charge in [0.05, 0.1) is 110 Å². The number of hydrogen-bond donors (Lipinski definition) is 13. The summed E-state index contributed by atoms with van der Waals surface area (Å²) in [6.45, 7) is 5.36. The molecule has 9 amide bonds. The number of fused-ring (bicyclic) bond motifs is 6. The number of rotatable bonds is 28. The summed E-state index contributed by atoms with van der Waals surface area (Å²) in [5, 5.41) is 57.1. The Balaban J connectivity index is 1.32.